The minimum absolute atomic E-state index is 0.00826. The van der Waals surface area contributed by atoms with Crippen LogP contribution >= 0.6 is 11.8 Å². The molecule has 2 aliphatic heterocycles. The zero-order valence-corrected chi connectivity index (χ0v) is 17.2. The SMILES string of the molecule is CC(C)C(=O)N=C1S[C@H]2CS(=O)(=O)C[C@@H]2N1c1cc(C(F)(F)F)cc(C(F)(F)F)c1. The van der Waals surface area contributed by atoms with Gasteiger partial charge < -0.3 is 4.90 Å². The number of sulfone groups is 1. The van der Waals surface area contributed by atoms with Crippen molar-refractivity contribution in [3.63, 3.8) is 0 Å². The van der Waals surface area contributed by atoms with Crippen molar-refractivity contribution in [2.75, 3.05) is 16.4 Å². The summed E-state index contributed by atoms with van der Waals surface area (Å²) in [6.45, 7) is 3.07. The van der Waals surface area contributed by atoms with Gasteiger partial charge in [0.05, 0.1) is 28.7 Å². The Morgan fingerprint density at radius 3 is 2.07 bits per heavy atom. The lowest BCUT2D eigenvalue weighted by Gasteiger charge is -2.26. The topological polar surface area (TPSA) is 66.8 Å². The Hall–Kier alpha value is -1.76. The molecular weight excluding hydrogens is 458 g/mol. The van der Waals surface area contributed by atoms with E-state index >= 15 is 0 Å². The third-order valence-corrected chi connectivity index (χ3v) is 7.83. The van der Waals surface area contributed by atoms with Crippen molar-refractivity contribution in [2.45, 2.75) is 37.5 Å². The minimum atomic E-state index is -5.06. The molecule has 0 aromatic heterocycles. The van der Waals surface area contributed by atoms with E-state index in [0.717, 1.165) is 16.7 Å². The van der Waals surface area contributed by atoms with Crippen LogP contribution in [0.15, 0.2) is 23.2 Å². The number of alkyl halides is 6. The van der Waals surface area contributed by atoms with E-state index in [-0.39, 0.29) is 17.0 Å². The number of nitrogens with zero attached hydrogens (tertiary/aromatic N) is 2. The molecule has 166 valence electrons. The summed E-state index contributed by atoms with van der Waals surface area (Å²) in [5, 5.41) is -0.761. The first kappa shape index (κ1) is 22.9. The van der Waals surface area contributed by atoms with Crippen LogP contribution in [0.25, 0.3) is 0 Å². The fraction of sp³-hybridized carbons (Fsp3) is 0.529. The zero-order valence-electron chi connectivity index (χ0n) is 15.6. The van der Waals surface area contributed by atoms with Gasteiger partial charge in [-0.25, -0.2) is 8.42 Å². The van der Waals surface area contributed by atoms with Crippen molar-refractivity contribution < 1.29 is 39.6 Å². The molecule has 1 aromatic rings. The van der Waals surface area contributed by atoms with E-state index in [0.29, 0.717) is 12.1 Å². The summed E-state index contributed by atoms with van der Waals surface area (Å²) in [4.78, 5) is 16.9. The Labute approximate surface area is 172 Å². The molecular formula is C17H16F6N2O3S2. The number of carbonyl (C=O) groups is 1. The van der Waals surface area contributed by atoms with Crippen LogP contribution in [0.4, 0.5) is 32.0 Å². The van der Waals surface area contributed by atoms with E-state index in [1.165, 1.54) is 13.8 Å². The number of fused-ring (bicyclic) bond motifs is 1. The lowest BCUT2D eigenvalue weighted by Crippen LogP contribution is -2.38. The number of hydrogen-bond acceptors (Lipinski definition) is 4. The van der Waals surface area contributed by atoms with Crippen LogP contribution < -0.4 is 4.90 Å². The van der Waals surface area contributed by atoms with Gasteiger partial charge in [-0.1, -0.05) is 25.6 Å². The van der Waals surface area contributed by atoms with Crippen LogP contribution in [-0.2, 0) is 27.0 Å². The first-order valence-corrected chi connectivity index (χ1v) is 11.4. The van der Waals surface area contributed by atoms with Gasteiger partial charge in [0.25, 0.3) is 5.91 Å². The standard InChI is InChI=1S/C17H16F6N2O3S2/c1-8(2)14(26)24-15-25(12-6-30(27,28)7-13(12)29-15)11-4-9(16(18,19)20)3-10(5-11)17(21,22)23/h3-5,8,12-13H,6-7H2,1-2H3/t12-,13-/m0/s1. The minimum Gasteiger partial charge on any atom is -0.316 e. The molecule has 0 N–H and O–H groups in total. The largest absolute Gasteiger partial charge is 0.416 e. The molecule has 1 aromatic carbocycles. The van der Waals surface area contributed by atoms with E-state index in [1.807, 2.05) is 0 Å². The van der Waals surface area contributed by atoms with Crippen molar-refractivity contribution in [2.24, 2.45) is 10.9 Å². The quantitative estimate of drug-likeness (QED) is 0.607. The number of anilines is 1. The number of carbonyl (C=O) groups excluding carboxylic acids is 1. The smallest absolute Gasteiger partial charge is 0.316 e. The van der Waals surface area contributed by atoms with E-state index in [9.17, 15) is 39.6 Å². The number of thioether (sulfide) groups is 1. The van der Waals surface area contributed by atoms with Gasteiger partial charge in [0, 0.05) is 16.9 Å². The monoisotopic (exact) mass is 474 g/mol. The average molecular weight is 474 g/mol. The number of benzene rings is 1. The summed E-state index contributed by atoms with van der Waals surface area (Å²) in [6.07, 6.45) is -10.1. The summed E-state index contributed by atoms with van der Waals surface area (Å²) < 4.78 is 104. The fourth-order valence-electron chi connectivity index (χ4n) is 3.17. The highest BCUT2D eigenvalue weighted by Gasteiger charge is 2.50. The molecule has 0 radical (unpaired) electrons. The molecule has 2 heterocycles. The Morgan fingerprint density at radius 2 is 1.60 bits per heavy atom. The van der Waals surface area contributed by atoms with Gasteiger partial charge in [-0.2, -0.15) is 31.3 Å². The van der Waals surface area contributed by atoms with Crippen LogP contribution in [0, 0.1) is 5.92 Å². The van der Waals surface area contributed by atoms with Crippen LogP contribution in [0.5, 0.6) is 0 Å². The molecule has 2 aliphatic rings. The van der Waals surface area contributed by atoms with Crippen LogP contribution in [0.2, 0.25) is 0 Å². The van der Waals surface area contributed by atoms with E-state index in [4.69, 9.17) is 0 Å². The molecule has 1 amide bonds. The molecule has 2 fully saturated rings. The van der Waals surface area contributed by atoms with Gasteiger partial charge in [-0.05, 0) is 18.2 Å². The molecule has 5 nitrogen and oxygen atoms in total. The normalized spacial score (nSPS) is 25.2. The molecule has 0 saturated carbocycles. The van der Waals surface area contributed by atoms with E-state index in [2.05, 4.69) is 4.99 Å². The summed E-state index contributed by atoms with van der Waals surface area (Å²) in [6, 6.07) is 0.0890. The zero-order chi connectivity index (χ0) is 22.6. The third-order valence-electron chi connectivity index (χ3n) is 4.62. The number of aliphatic imine (C=N–C) groups is 1. The first-order chi connectivity index (χ1) is 13.6. The summed E-state index contributed by atoms with van der Waals surface area (Å²) in [5.41, 5.74) is -3.57. The Balaban J connectivity index is 2.18. The van der Waals surface area contributed by atoms with Gasteiger partial charge in [0.15, 0.2) is 15.0 Å². The Kier molecular flexibility index (Phi) is 5.68. The van der Waals surface area contributed by atoms with Gasteiger partial charge >= 0.3 is 12.4 Å². The van der Waals surface area contributed by atoms with Gasteiger partial charge in [0.1, 0.15) is 0 Å². The summed E-state index contributed by atoms with van der Waals surface area (Å²) in [5.74, 6) is -1.94. The molecule has 0 unspecified atom stereocenters. The maximum Gasteiger partial charge on any atom is 0.416 e. The number of amides is 1. The van der Waals surface area contributed by atoms with Crippen LogP contribution in [0.1, 0.15) is 25.0 Å². The summed E-state index contributed by atoms with van der Waals surface area (Å²) >= 11 is 0.872. The van der Waals surface area contributed by atoms with Crippen molar-refractivity contribution in [1.82, 2.24) is 0 Å². The lowest BCUT2D eigenvalue weighted by atomic mass is 10.1. The molecule has 0 spiro atoms. The molecule has 2 saturated heterocycles. The second-order valence-corrected chi connectivity index (χ2v) is 10.7. The maximum absolute atomic E-state index is 13.3. The fourth-order valence-corrected chi connectivity index (χ4v) is 7.09. The maximum atomic E-state index is 13.3. The molecule has 0 bridgehead atoms. The molecule has 2 atom stereocenters. The predicted octanol–water partition coefficient (Wildman–Crippen LogP) is 3.98. The van der Waals surface area contributed by atoms with Crippen molar-refractivity contribution in [3.05, 3.63) is 29.3 Å². The highest BCUT2D eigenvalue weighted by molar-refractivity contribution is 8.16. The van der Waals surface area contributed by atoms with Crippen LogP contribution in [0.3, 0.4) is 0 Å². The number of rotatable bonds is 2. The van der Waals surface area contributed by atoms with Gasteiger partial charge in [-0.3, -0.25) is 4.79 Å². The van der Waals surface area contributed by atoms with Crippen molar-refractivity contribution >= 4 is 38.4 Å². The van der Waals surface area contributed by atoms with Crippen LogP contribution in [-0.4, -0.2) is 42.3 Å². The number of hydrogen-bond donors (Lipinski definition) is 0. The second kappa shape index (κ2) is 7.43. The van der Waals surface area contributed by atoms with Crippen molar-refractivity contribution in [3.8, 4) is 0 Å². The van der Waals surface area contributed by atoms with E-state index in [1.54, 1.807) is 0 Å². The molecule has 30 heavy (non-hydrogen) atoms. The Morgan fingerprint density at radius 1 is 1.07 bits per heavy atom. The average Bonchev–Trinajstić information content (AvgIpc) is 3.03. The summed E-state index contributed by atoms with van der Waals surface area (Å²) in [7, 11) is -3.54. The predicted molar refractivity (Wildman–Crippen MR) is 100 cm³/mol. The van der Waals surface area contributed by atoms with Gasteiger partial charge in [0.2, 0.25) is 0 Å². The molecule has 3 rings (SSSR count). The number of halogens is 6. The first-order valence-electron chi connectivity index (χ1n) is 8.67. The number of amidine groups is 1. The Bertz CT molecular complexity index is 969. The second-order valence-electron chi connectivity index (χ2n) is 7.32. The molecule has 13 heteroatoms. The lowest BCUT2D eigenvalue weighted by molar-refractivity contribution is -0.143. The highest BCUT2D eigenvalue weighted by Crippen LogP contribution is 2.44. The highest BCUT2D eigenvalue weighted by atomic mass is 32.2. The van der Waals surface area contributed by atoms with Gasteiger partial charge in [-0.15, -0.1) is 0 Å². The van der Waals surface area contributed by atoms with Crippen molar-refractivity contribution in [1.29, 1.82) is 0 Å². The molecule has 0 aliphatic carbocycles. The van der Waals surface area contributed by atoms with E-state index < -0.39 is 67.9 Å². The third kappa shape index (κ3) is 4.61.